The zero-order valence-electron chi connectivity index (χ0n) is 8.84. The van der Waals surface area contributed by atoms with E-state index in [1.807, 2.05) is 36.4 Å². The van der Waals surface area contributed by atoms with Crippen LogP contribution in [0.4, 0.5) is 0 Å². The molecule has 2 aromatic rings. The summed E-state index contributed by atoms with van der Waals surface area (Å²) in [6.07, 6.45) is 0.497. The summed E-state index contributed by atoms with van der Waals surface area (Å²) < 4.78 is 16.2. The van der Waals surface area contributed by atoms with Crippen molar-refractivity contribution >= 4 is 30.2 Å². The fourth-order valence-electron chi connectivity index (χ4n) is 2.55. The van der Waals surface area contributed by atoms with Gasteiger partial charge in [-0.2, -0.15) is 4.08 Å². The maximum absolute atomic E-state index is 11.9. The lowest BCUT2D eigenvalue weighted by Gasteiger charge is -2.15. The molecule has 1 aliphatic carbocycles. The first-order valence-electron chi connectivity index (χ1n) is 5.27. The third-order valence-electron chi connectivity index (χ3n) is 3.29. The highest BCUT2D eigenvalue weighted by Gasteiger charge is 2.39. The molecular formula is C12H10ClO3P. The van der Waals surface area contributed by atoms with Crippen LogP contribution in [0, 0.1) is 0 Å². The molecule has 0 spiro atoms. The summed E-state index contributed by atoms with van der Waals surface area (Å²) in [6, 6.07) is 11.7. The lowest BCUT2D eigenvalue weighted by Crippen LogP contribution is -1.97. The third-order valence-corrected chi connectivity index (χ3v) is 5.33. The van der Waals surface area contributed by atoms with E-state index in [1.165, 1.54) is 0 Å². The Labute approximate surface area is 104 Å². The molecule has 3 rings (SSSR count). The lowest BCUT2D eigenvalue weighted by atomic mass is 10.1. The molecule has 0 amide bonds. The number of hydrogen-bond donors (Lipinski definition) is 1. The average molecular weight is 269 g/mol. The van der Waals surface area contributed by atoms with Crippen LogP contribution in [0.2, 0.25) is 0 Å². The summed E-state index contributed by atoms with van der Waals surface area (Å²) in [6.45, 7) is 0. The topological polar surface area (TPSA) is 46.5 Å². The van der Waals surface area contributed by atoms with Crippen LogP contribution in [-0.4, -0.2) is 4.89 Å². The first-order valence-corrected chi connectivity index (χ1v) is 7.22. The Morgan fingerprint density at radius 2 is 2.00 bits per heavy atom. The molecule has 1 N–H and O–H groups in total. The number of benzene rings is 2. The van der Waals surface area contributed by atoms with Gasteiger partial charge in [0.15, 0.2) is 0 Å². The van der Waals surface area contributed by atoms with Crippen molar-refractivity contribution in [3.63, 3.8) is 0 Å². The van der Waals surface area contributed by atoms with Gasteiger partial charge >= 0.3 is 7.60 Å². The number of hydrogen-bond acceptors (Lipinski definition) is 2. The van der Waals surface area contributed by atoms with Crippen molar-refractivity contribution < 1.29 is 13.5 Å². The minimum Gasteiger partial charge on any atom is -0.323 e. The quantitative estimate of drug-likeness (QED) is 0.843. The molecule has 2 aromatic carbocycles. The van der Waals surface area contributed by atoms with Gasteiger partial charge in [-0.15, -0.1) is 0 Å². The molecule has 5 heteroatoms. The van der Waals surface area contributed by atoms with Crippen molar-refractivity contribution in [3.8, 4) is 0 Å². The second kappa shape index (κ2) is 3.82. The van der Waals surface area contributed by atoms with Crippen molar-refractivity contribution in [1.29, 1.82) is 0 Å². The normalized spacial score (nSPS) is 21.6. The fraction of sp³-hybridized carbons (Fsp3) is 0.167. The van der Waals surface area contributed by atoms with E-state index in [0.717, 1.165) is 21.9 Å². The van der Waals surface area contributed by atoms with Gasteiger partial charge in [-0.1, -0.05) is 36.4 Å². The second-order valence-electron chi connectivity index (χ2n) is 4.22. The van der Waals surface area contributed by atoms with Gasteiger partial charge in [0.05, 0.1) is 17.5 Å². The molecule has 0 saturated heterocycles. The molecule has 88 valence electrons. The Hall–Kier alpha value is -0.860. The zero-order valence-corrected chi connectivity index (χ0v) is 10.5. The molecule has 0 heterocycles. The van der Waals surface area contributed by atoms with Crippen molar-refractivity contribution in [1.82, 2.24) is 0 Å². The van der Waals surface area contributed by atoms with Gasteiger partial charge in [-0.3, -0.25) is 4.57 Å². The van der Waals surface area contributed by atoms with E-state index >= 15 is 0 Å². The lowest BCUT2D eigenvalue weighted by molar-refractivity contribution is 0.379. The predicted octanol–water partition coefficient (Wildman–Crippen LogP) is 3.79. The van der Waals surface area contributed by atoms with Gasteiger partial charge in [0.25, 0.3) is 0 Å². The minimum atomic E-state index is -3.80. The molecular weight excluding hydrogens is 259 g/mol. The van der Waals surface area contributed by atoms with Crippen molar-refractivity contribution in [3.05, 3.63) is 47.5 Å². The number of halogens is 1. The number of rotatable bonds is 2. The van der Waals surface area contributed by atoms with Gasteiger partial charge < -0.3 is 4.89 Å². The summed E-state index contributed by atoms with van der Waals surface area (Å²) in [7, 11) is -3.80. The molecule has 2 atom stereocenters. The molecule has 2 unspecified atom stereocenters. The van der Waals surface area contributed by atoms with Crippen molar-refractivity contribution in [2.24, 2.45) is 0 Å². The summed E-state index contributed by atoms with van der Waals surface area (Å²) in [5.41, 5.74) is 1.37. The summed E-state index contributed by atoms with van der Waals surface area (Å²) >= 11 is 5.14. The van der Waals surface area contributed by atoms with Crippen molar-refractivity contribution in [2.75, 3.05) is 0 Å². The van der Waals surface area contributed by atoms with Gasteiger partial charge in [0.1, 0.15) is 0 Å². The van der Waals surface area contributed by atoms with Crippen LogP contribution in [0.5, 0.6) is 0 Å². The van der Waals surface area contributed by atoms with Crippen LogP contribution in [0.1, 0.15) is 16.8 Å². The molecule has 0 aromatic heterocycles. The highest BCUT2D eigenvalue weighted by atomic mass is 35.5. The predicted molar refractivity (Wildman–Crippen MR) is 67.2 cm³/mol. The van der Waals surface area contributed by atoms with E-state index in [9.17, 15) is 9.46 Å². The molecule has 3 nitrogen and oxygen atoms in total. The van der Waals surface area contributed by atoms with Gasteiger partial charge in [-0.25, -0.2) is 0 Å². The van der Waals surface area contributed by atoms with E-state index < -0.39 is 13.3 Å². The minimum absolute atomic E-state index is 0.497. The summed E-state index contributed by atoms with van der Waals surface area (Å²) in [5.74, 6) is 0. The molecule has 17 heavy (non-hydrogen) atoms. The molecule has 0 radical (unpaired) electrons. The van der Waals surface area contributed by atoms with E-state index in [1.54, 1.807) is 0 Å². The Kier molecular flexibility index (Phi) is 2.53. The van der Waals surface area contributed by atoms with E-state index in [-0.39, 0.29) is 0 Å². The monoisotopic (exact) mass is 268 g/mol. The Balaban J connectivity index is 2.26. The fourth-order valence-corrected chi connectivity index (χ4v) is 3.93. The molecule has 1 aliphatic rings. The SMILES string of the molecule is O=P(O)(OCl)C1Cc2cccc3cccc1c23. The molecule has 0 aliphatic heterocycles. The van der Waals surface area contributed by atoms with Crippen LogP contribution in [0.3, 0.4) is 0 Å². The first kappa shape index (κ1) is 11.2. The Morgan fingerprint density at radius 1 is 1.29 bits per heavy atom. The van der Waals surface area contributed by atoms with E-state index in [0.29, 0.717) is 6.42 Å². The third kappa shape index (κ3) is 1.62. The summed E-state index contributed by atoms with van der Waals surface area (Å²) in [5, 5.41) is 2.14. The molecule has 0 fully saturated rings. The van der Waals surface area contributed by atoms with Gasteiger partial charge in [0, 0.05) is 0 Å². The second-order valence-corrected chi connectivity index (χ2v) is 6.52. The zero-order chi connectivity index (χ0) is 12.0. The smallest absolute Gasteiger partial charge is 0.323 e. The van der Waals surface area contributed by atoms with Crippen molar-refractivity contribution in [2.45, 2.75) is 12.1 Å². The van der Waals surface area contributed by atoms with Crippen LogP contribution in [0.15, 0.2) is 36.4 Å². The van der Waals surface area contributed by atoms with Gasteiger partial charge in [-0.05, 0) is 28.3 Å². The van der Waals surface area contributed by atoms with E-state index in [2.05, 4.69) is 4.08 Å². The highest BCUT2D eigenvalue weighted by molar-refractivity contribution is 7.54. The van der Waals surface area contributed by atoms with Crippen LogP contribution in [0.25, 0.3) is 10.8 Å². The van der Waals surface area contributed by atoms with Crippen LogP contribution >= 0.6 is 19.5 Å². The standard InChI is InChI=1S/C12H10ClO3P/c13-16-17(14,15)11-7-9-5-1-3-8-4-2-6-10(11)12(8)9/h1-6,11H,7H2,(H,14,15). The van der Waals surface area contributed by atoms with Crippen LogP contribution < -0.4 is 0 Å². The molecule has 0 saturated carbocycles. The maximum atomic E-state index is 11.9. The van der Waals surface area contributed by atoms with E-state index in [4.69, 9.17) is 11.9 Å². The molecule has 0 bridgehead atoms. The summed E-state index contributed by atoms with van der Waals surface area (Å²) in [4.78, 5) is 9.75. The average Bonchev–Trinajstić information content (AvgIpc) is 2.72. The first-order chi connectivity index (χ1) is 8.13. The maximum Gasteiger partial charge on any atom is 0.352 e. The Bertz CT molecular complexity index is 635. The van der Waals surface area contributed by atoms with Gasteiger partial charge in [0.2, 0.25) is 0 Å². The highest BCUT2D eigenvalue weighted by Crippen LogP contribution is 2.62. The Morgan fingerprint density at radius 3 is 2.71 bits per heavy atom. The largest absolute Gasteiger partial charge is 0.352 e. The van der Waals surface area contributed by atoms with Crippen LogP contribution in [-0.2, 0) is 15.1 Å².